The van der Waals surface area contributed by atoms with Crippen LogP contribution in [0.5, 0.6) is 0 Å². The molecule has 0 radical (unpaired) electrons. The lowest BCUT2D eigenvalue weighted by Crippen LogP contribution is -1.83. The smallest absolute Gasteiger partial charge is 0.124 e. The highest BCUT2D eigenvalue weighted by molar-refractivity contribution is 5.86. The number of halogens is 1. The number of H-pyrrole nitrogens is 1. The minimum absolute atomic E-state index is 0.0233. The lowest BCUT2D eigenvalue weighted by Gasteiger charge is -2.00. The second-order valence-electron chi connectivity index (χ2n) is 4.78. The van der Waals surface area contributed by atoms with Crippen LogP contribution in [0.3, 0.4) is 0 Å². The molecule has 96 valence electrons. The number of hydrogen-bond acceptors (Lipinski definition) is 1. The Kier molecular flexibility index (Phi) is 2.84. The van der Waals surface area contributed by atoms with Crippen LogP contribution in [0.4, 0.5) is 4.39 Å². The minimum Gasteiger partial charge on any atom is -0.392 e. The number of aromatic nitrogens is 1. The van der Waals surface area contributed by atoms with E-state index in [9.17, 15) is 4.39 Å². The lowest BCUT2D eigenvalue weighted by molar-refractivity contribution is 0.282. The summed E-state index contributed by atoms with van der Waals surface area (Å²) in [5.41, 5.74) is 4.46. The van der Waals surface area contributed by atoms with E-state index >= 15 is 0 Å². The molecular formula is C16H14FNO. The van der Waals surface area contributed by atoms with E-state index in [1.807, 2.05) is 37.3 Å². The molecular weight excluding hydrogens is 241 g/mol. The maximum absolute atomic E-state index is 13.4. The summed E-state index contributed by atoms with van der Waals surface area (Å²) in [6.07, 6.45) is 0. The van der Waals surface area contributed by atoms with Crippen LogP contribution >= 0.6 is 0 Å². The third-order valence-corrected chi connectivity index (χ3v) is 3.22. The topological polar surface area (TPSA) is 36.0 Å². The van der Waals surface area contributed by atoms with Crippen molar-refractivity contribution in [1.82, 2.24) is 4.98 Å². The molecule has 0 aliphatic carbocycles. The van der Waals surface area contributed by atoms with Crippen molar-refractivity contribution in [1.29, 1.82) is 0 Å². The summed E-state index contributed by atoms with van der Waals surface area (Å²) in [4.78, 5) is 3.27. The Hall–Kier alpha value is -2.13. The van der Waals surface area contributed by atoms with Crippen LogP contribution in [-0.2, 0) is 6.61 Å². The first-order chi connectivity index (χ1) is 9.15. The van der Waals surface area contributed by atoms with Gasteiger partial charge in [-0.3, -0.25) is 0 Å². The van der Waals surface area contributed by atoms with Crippen molar-refractivity contribution in [3.8, 4) is 11.3 Å². The maximum Gasteiger partial charge on any atom is 0.124 e. The molecule has 0 spiro atoms. The molecule has 0 amide bonds. The van der Waals surface area contributed by atoms with Gasteiger partial charge in [0.25, 0.3) is 0 Å². The Morgan fingerprint density at radius 3 is 2.68 bits per heavy atom. The summed E-state index contributed by atoms with van der Waals surface area (Å²) in [5.74, 6) is -0.232. The van der Waals surface area contributed by atoms with E-state index in [2.05, 4.69) is 4.98 Å². The highest BCUT2D eigenvalue weighted by Gasteiger charge is 2.06. The summed E-state index contributed by atoms with van der Waals surface area (Å²) in [6.45, 7) is 1.90. The fourth-order valence-electron chi connectivity index (χ4n) is 2.33. The Morgan fingerprint density at radius 1 is 1.11 bits per heavy atom. The van der Waals surface area contributed by atoms with Gasteiger partial charge >= 0.3 is 0 Å². The molecule has 0 aliphatic rings. The van der Waals surface area contributed by atoms with Gasteiger partial charge in [0.15, 0.2) is 0 Å². The van der Waals surface area contributed by atoms with Gasteiger partial charge in [-0.15, -0.1) is 0 Å². The summed E-state index contributed by atoms with van der Waals surface area (Å²) in [6, 6.07) is 12.7. The second-order valence-corrected chi connectivity index (χ2v) is 4.78. The van der Waals surface area contributed by atoms with Crippen molar-refractivity contribution in [3.63, 3.8) is 0 Å². The largest absolute Gasteiger partial charge is 0.392 e. The van der Waals surface area contributed by atoms with Gasteiger partial charge in [-0.25, -0.2) is 4.39 Å². The van der Waals surface area contributed by atoms with E-state index in [0.717, 1.165) is 33.3 Å². The number of aliphatic hydroxyl groups excluding tert-OH is 1. The van der Waals surface area contributed by atoms with E-state index in [1.165, 1.54) is 12.1 Å². The summed E-state index contributed by atoms with van der Waals surface area (Å²) in [5, 5.41) is 10.2. The number of aryl methyl sites for hydroxylation is 1. The van der Waals surface area contributed by atoms with Crippen molar-refractivity contribution in [2.45, 2.75) is 13.5 Å². The van der Waals surface area contributed by atoms with Crippen molar-refractivity contribution in [2.75, 3.05) is 0 Å². The quantitative estimate of drug-likeness (QED) is 0.718. The fourth-order valence-corrected chi connectivity index (χ4v) is 2.33. The van der Waals surface area contributed by atoms with Crippen LogP contribution in [0.15, 0.2) is 42.5 Å². The average molecular weight is 255 g/mol. The zero-order valence-corrected chi connectivity index (χ0v) is 10.6. The third-order valence-electron chi connectivity index (χ3n) is 3.22. The molecule has 3 heteroatoms. The standard InChI is InChI=1S/C16H14FNO/c1-10-4-12(7-14(17)5-10)16-8-13-6-11(9-19)2-3-15(13)18-16/h2-8,18-19H,9H2,1H3. The highest BCUT2D eigenvalue weighted by atomic mass is 19.1. The number of fused-ring (bicyclic) bond motifs is 1. The van der Waals surface area contributed by atoms with Crippen LogP contribution in [0.1, 0.15) is 11.1 Å². The monoisotopic (exact) mass is 255 g/mol. The zero-order valence-electron chi connectivity index (χ0n) is 10.6. The zero-order chi connectivity index (χ0) is 13.4. The highest BCUT2D eigenvalue weighted by Crippen LogP contribution is 2.26. The number of benzene rings is 2. The van der Waals surface area contributed by atoms with Crippen LogP contribution in [0.25, 0.3) is 22.2 Å². The van der Waals surface area contributed by atoms with E-state index < -0.39 is 0 Å². The Morgan fingerprint density at radius 2 is 1.95 bits per heavy atom. The molecule has 3 rings (SSSR count). The van der Waals surface area contributed by atoms with Crippen molar-refractivity contribution in [2.24, 2.45) is 0 Å². The van der Waals surface area contributed by atoms with Crippen molar-refractivity contribution < 1.29 is 9.50 Å². The molecule has 2 aromatic carbocycles. The van der Waals surface area contributed by atoms with Crippen LogP contribution < -0.4 is 0 Å². The number of aliphatic hydroxyl groups is 1. The molecule has 0 aliphatic heterocycles. The van der Waals surface area contributed by atoms with Gasteiger partial charge < -0.3 is 10.1 Å². The predicted molar refractivity (Wildman–Crippen MR) is 74.4 cm³/mol. The SMILES string of the molecule is Cc1cc(F)cc(-c2cc3cc(CO)ccc3[nH]2)c1. The molecule has 0 saturated carbocycles. The average Bonchev–Trinajstić information content (AvgIpc) is 2.80. The van der Waals surface area contributed by atoms with Gasteiger partial charge in [0.05, 0.1) is 6.61 Å². The number of aromatic amines is 1. The van der Waals surface area contributed by atoms with Gasteiger partial charge in [0.1, 0.15) is 5.82 Å². The van der Waals surface area contributed by atoms with Gasteiger partial charge in [-0.2, -0.15) is 0 Å². The van der Waals surface area contributed by atoms with Crippen LogP contribution in [0, 0.1) is 12.7 Å². The molecule has 2 nitrogen and oxygen atoms in total. The van der Waals surface area contributed by atoms with E-state index in [1.54, 1.807) is 0 Å². The molecule has 19 heavy (non-hydrogen) atoms. The number of nitrogens with one attached hydrogen (secondary N) is 1. The predicted octanol–water partition coefficient (Wildman–Crippen LogP) is 3.77. The van der Waals surface area contributed by atoms with Gasteiger partial charge in [0.2, 0.25) is 0 Å². The van der Waals surface area contributed by atoms with Crippen LogP contribution in [0.2, 0.25) is 0 Å². The van der Waals surface area contributed by atoms with Gasteiger partial charge in [0, 0.05) is 22.2 Å². The first-order valence-corrected chi connectivity index (χ1v) is 6.16. The normalized spacial score (nSPS) is 11.1. The van der Waals surface area contributed by atoms with Crippen molar-refractivity contribution >= 4 is 10.9 Å². The number of rotatable bonds is 2. The molecule has 0 unspecified atom stereocenters. The molecule has 1 heterocycles. The first-order valence-electron chi connectivity index (χ1n) is 6.16. The fraction of sp³-hybridized carbons (Fsp3) is 0.125. The molecule has 3 aromatic rings. The molecule has 0 atom stereocenters. The summed E-state index contributed by atoms with van der Waals surface area (Å²) in [7, 11) is 0. The summed E-state index contributed by atoms with van der Waals surface area (Å²) >= 11 is 0. The van der Waals surface area contributed by atoms with E-state index in [4.69, 9.17) is 5.11 Å². The van der Waals surface area contributed by atoms with Crippen LogP contribution in [-0.4, -0.2) is 10.1 Å². The summed E-state index contributed by atoms with van der Waals surface area (Å²) < 4.78 is 13.4. The van der Waals surface area contributed by atoms with E-state index in [-0.39, 0.29) is 12.4 Å². The minimum atomic E-state index is -0.232. The van der Waals surface area contributed by atoms with Gasteiger partial charge in [-0.05, 0) is 54.4 Å². The Labute approximate surface area is 110 Å². The number of hydrogen-bond donors (Lipinski definition) is 2. The maximum atomic E-state index is 13.4. The molecule has 1 aromatic heterocycles. The lowest BCUT2D eigenvalue weighted by atomic mass is 10.1. The molecule has 2 N–H and O–H groups in total. The first kappa shape index (κ1) is 11.9. The van der Waals surface area contributed by atoms with Gasteiger partial charge in [-0.1, -0.05) is 6.07 Å². The van der Waals surface area contributed by atoms with E-state index in [0.29, 0.717) is 0 Å². The Bertz CT molecular complexity index is 725. The molecule has 0 bridgehead atoms. The van der Waals surface area contributed by atoms with Crippen molar-refractivity contribution in [3.05, 3.63) is 59.4 Å². The second kappa shape index (κ2) is 4.52. The third kappa shape index (κ3) is 2.25. The molecule has 0 fully saturated rings. The molecule has 0 saturated heterocycles. The Balaban J connectivity index is 2.14.